The summed E-state index contributed by atoms with van der Waals surface area (Å²) in [5, 5.41) is 0. The molecule has 3 N–H and O–H groups in total. The number of furan rings is 1. The molecule has 1 unspecified atom stereocenters. The van der Waals surface area contributed by atoms with E-state index in [-0.39, 0.29) is 11.9 Å². The van der Waals surface area contributed by atoms with Crippen molar-refractivity contribution in [3.8, 4) is 0 Å². The molecule has 0 fully saturated rings. The van der Waals surface area contributed by atoms with Crippen LogP contribution in [0.5, 0.6) is 0 Å². The van der Waals surface area contributed by atoms with E-state index in [0.29, 0.717) is 6.54 Å². The first kappa shape index (κ1) is 10.7. The number of nitrogens with zero attached hydrogens (tertiary/aromatic N) is 1. The molecule has 1 rings (SSSR count). The predicted molar refractivity (Wildman–Crippen MR) is 52.0 cm³/mol. The van der Waals surface area contributed by atoms with E-state index in [4.69, 9.17) is 10.3 Å². The zero-order valence-electron chi connectivity index (χ0n) is 8.36. The summed E-state index contributed by atoms with van der Waals surface area (Å²) >= 11 is 0. The lowest BCUT2D eigenvalue weighted by molar-refractivity contribution is -0.125. The molecule has 1 heterocycles. The van der Waals surface area contributed by atoms with Crippen LogP contribution in [0.15, 0.2) is 23.0 Å². The highest BCUT2D eigenvalue weighted by atomic mass is 16.3. The van der Waals surface area contributed by atoms with Gasteiger partial charge in [-0.2, -0.15) is 0 Å². The summed E-state index contributed by atoms with van der Waals surface area (Å²) < 4.78 is 4.93. The van der Waals surface area contributed by atoms with Crippen LogP contribution in [0.1, 0.15) is 12.5 Å². The number of amides is 1. The topological polar surface area (TPSA) is 71.5 Å². The zero-order chi connectivity index (χ0) is 10.6. The standard InChI is InChI=1S/C9H15N3O2/c1-7(9(13)11-10)12(2)5-8-3-4-14-6-8/h3-4,6-7H,5,10H2,1-2H3,(H,11,13). The van der Waals surface area contributed by atoms with Gasteiger partial charge >= 0.3 is 0 Å². The molecule has 14 heavy (non-hydrogen) atoms. The molecule has 78 valence electrons. The van der Waals surface area contributed by atoms with E-state index in [9.17, 15) is 4.79 Å². The van der Waals surface area contributed by atoms with Gasteiger partial charge in [0.15, 0.2) is 0 Å². The van der Waals surface area contributed by atoms with Gasteiger partial charge in [-0.3, -0.25) is 15.1 Å². The number of rotatable bonds is 4. The molecule has 0 aliphatic rings. The summed E-state index contributed by atoms with van der Waals surface area (Å²) in [6.07, 6.45) is 3.26. The minimum Gasteiger partial charge on any atom is -0.472 e. The third kappa shape index (κ3) is 2.58. The molecule has 1 aromatic heterocycles. The summed E-state index contributed by atoms with van der Waals surface area (Å²) in [6.45, 7) is 2.45. The van der Waals surface area contributed by atoms with Gasteiger partial charge in [-0.15, -0.1) is 0 Å². The van der Waals surface area contributed by atoms with E-state index in [2.05, 4.69) is 5.43 Å². The van der Waals surface area contributed by atoms with Crippen LogP contribution < -0.4 is 11.3 Å². The molecule has 1 amide bonds. The van der Waals surface area contributed by atoms with Crippen LogP contribution in [0, 0.1) is 0 Å². The van der Waals surface area contributed by atoms with E-state index >= 15 is 0 Å². The fraction of sp³-hybridized carbons (Fsp3) is 0.444. The predicted octanol–water partition coefficient (Wildman–Crippen LogP) is 0.0898. The van der Waals surface area contributed by atoms with Crippen molar-refractivity contribution in [2.45, 2.75) is 19.5 Å². The third-order valence-electron chi connectivity index (χ3n) is 2.19. The van der Waals surface area contributed by atoms with Crippen LogP contribution in [0.4, 0.5) is 0 Å². The molecule has 0 aliphatic carbocycles. The number of nitrogens with one attached hydrogen (secondary N) is 1. The summed E-state index contributed by atoms with van der Waals surface area (Å²) in [5.74, 6) is 4.84. The Morgan fingerprint density at radius 1 is 1.79 bits per heavy atom. The van der Waals surface area contributed by atoms with Gasteiger partial charge in [0.1, 0.15) is 0 Å². The largest absolute Gasteiger partial charge is 0.472 e. The van der Waals surface area contributed by atoms with Crippen LogP contribution in [-0.2, 0) is 11.3 Å². The van der Waals surface area contributed by atoms with Crippen LogP contribution in [0.3, 0.4) is 0 Å². The lowest BCUT2D eigenvalue weighted by atomic mass is 10.2. The molecule has 0 radical (unpaired) electrons. The van der Waals surface area contributed by atoms with Crippen LogP contribution >= 0.6 is 0 Å². The number of carbonyl (C=O) groups is 1. The Morgan fingerprint density at radius 3 is 3.00 bits per heavy atom. The normalized spacial score (nSPS) is 12.9. The maximum Gasteiger partial charge on any atom is 0.250 e. The quantitative estimate of drug-likeness (QED) is 0.407. The minimum absolute atomic E-state index is 0.198. The third-order valence-corrected chi connectivity index (χ3v) is 2.19. The van der Waals surface area contributed by atoms with Gasteiger partial charge in [-0.25, -0.2) is 5.84 Å². The number of hydrogen-bond acceptors (Lipinski definition) is 4. The number of hydrogen-bond donors (Lipinski definition) is 2. The van der Waals surface area contributed by atoms with Crippen molar-refractivity contribution in [2.75, 3.05) is 7.05 Å². The molecule has 0 saturated heterocycles. The molecule has 1 atom stereocenters. The van der Waals surface area contributed by atoms with Crippen LogP contribution in [0.25, 0.3) is 0 Å². The lowest BCUT2D eigenvalue weighted by Crippen LogP contribution is -2.45. The Bertz CT molecular complexity index is 284. The summed E-state index contributed by atoms with van der Waals surface area (Å²) in [7, 11) is 1.85. The Kier molecular flexibility index (Phi) is 3.67. The Hall–Kier alpha value is -1.33. The number of hydrazine groups is 1. The highest BCUT2D eigenvalue weighted by Gasteiger charge is 2.16. The molecule has 0 aromatic carbocycles. The Balaban J connectivity index is 2.49. The first-order valence-corrected chi connectivity index (χ1v) is 4.37. The second kappa shape index (κ2) is 4.78. The maximum atomic E-state index is 11.2. The maximum absolute atomic E-state index is 11.2. The molecular formula is C9H15N3O2. The van der Waals surface area contributed by atoms with Crippen molar-refractivity contribution in [1.82, 2.24) is 10.3 Å². The SMILES string of the molecule is CC(C(=O)NN)N(C)Cc1ccoc1. The van der Waals surface area contributed by atoms with Crippen molar-refractivity contribution in [1.29, 1.82) is 0 Å². The van der Waals surface area contributed by atoms with Gasteiger partial charge in [0.2, 0.25) is 0 Å². The van der Waals surface area contributed by atoms with Gasteiger partial charge in [0.05, 0.1) is 18.6 Å². The molecule has 0 spiro atoms. The average Bonchev–Trinajstić information content (AvgIpc) is 2.68. The molecule has 5 heteroatoms. The van der Waals surface area contributed by atoms with E-state index in [1.54, 1.807) is 19.5 Å². The van der Waals surface area contributed by atoms with Crippen molar-refractivity contribution in [3.63, 3.8) is 0 Å². The van der Waals surface area contributed by atoms with E-state index in [1.165, 1.54) is 0 Å². The van der Waals surface area contributed by atoms with E-state index in [1.807, 2.05) is 18.0 Å². The highest BCUT2D eigenvalue weighted by Crippen LogP contribution is 2.06. The van der Waals surface area contributed by atoms with Crippen molar-refractivity contribution in [3.05, 3.63) is 24.2 Å². The van der Waals surface area contributed by atoms with Crippen LogP contribution in [-0.4, -0.2) is 23.9 Å². The molecule has 0 aliphatic heterocycles. The Labute approximate surface area is 82.8 Å². The van der Waals surface area contributed by atoms with Crippen molar-refractivity contribution < 1.29 is 9.21 Å². The second-order valence-corrected chi connectivity index (χ2v) is 3.23. The first-order valence-electron chi connectivity index (χ1n) is 4.37. The van der Waals surface area contributed by atoms with E-state index in [0.717, 1.165) is 5.56 Å². The monoisotopic (exact) mass is 197 g/mol. The number of carbonyl (C=O) groups excluding carboxylic acids is 1. The second-order valence-electron chi connectivity index (χ2n) is 3.23. The molecule has 0 saturated carbocycles. The highest BCUT2D eigenvalue weighted by molar-refractivity contribution is 5.80. The molecule has 0 bridgehead atoms. The zero-order valence-corrected chi connectivity index (χ0v) is 8.36. The molecule has 5 nitrogen and oxygen atoms in total. The first-order chi connectivity index (χ1) is 6.65. The summed E-state index contributed by atoms with van der Waals surface area (Å²) in [5.41, 5.74) is 3.15. The minimum atomic E-state index is -0.255. The Morgan fingerprint density at radius 2 is 2.50 bits per heavy atom. The van der Waals surface area contributed by atoms with Gasteiger partial charge in [-0.1, -0.05) is 0 Å². The fourth-order valence-electron chi connectivity index (χ4n) is 1.13. The fourth-order valence-corrected chi connectivity index (χ4v) is 1.13. The number of nitrogens with two attached hydrogens (primary N) is 1. The average molecular weight is 197 g/mol. The smallest absolute Gasteiger partial charge is 0.250 e. The summed E-state index contributed by atoms with van der Waals surface area (Å²) in [6, 6.07) is 1.61. The van der Waals surface area contributed by atoms with Crippen molar-refractivity contribution in [2.24, 2.45) is 5.84 Å². The van der Waals surface area contributed by atoms with Gasteiger partial charge in [-0.05, 0) is 20.0 Å². The van der Waals surface area contributed by atoms with E-state index < -0.39 is 0 Å². The van der Waals surface area contributed by atoms with Gasteiger partial charge in [0, 0.05) is 12.1 Å². The van der Waals surface area contributed by atoms with Gasteiger partial charge < -0.3 is 4.42 Å². The van der Waals surface area contributed by atoms with Gasteiger partial charge in [0.25, 0.3) is 5.91 Å². The molecule has 1 aromatic rings. The van der Waals surface area contributed by atoms with Crippen LogP contribution in [0.2, 0.25) is 0 Å². The number of likely N-dealkylation sites (N-methyl/N-ethyl adjacent to an activating group) is 1. The van der Waals surface area contributed by atoms with Crippen molar-refractivity contribution >= 4 is 5.91 Å². The molecular weight excluding hydrogens is 182 g/mol. The lowest BCUT2D eigenvalue weighted by Gasteiger charge is -2.22. The summed E-state index contributed by atoms with van der Waals surface area (Å²) in [4.78, 5) is 13.1.